The van der Waals surface area contributed by atoms with E-state index in [-0.39, 0.29) is 6.04 Å². The summed E-state index contributed by atoms with van der Waals surface area (Å²) in [6, 6.07) is 5.58. The van der Waals surface area contributed by atoms with Gasteiger partial charge < -0.3 is 11.5 Å². The molecule has 1 atom stereocenters. The first kappa shape index (κ1) is 9.36. The molecular weight excluding hydrogens is 172 g/mol. The molecule has 3 heteroatoms. The molecule has 1 aromatic rings. The summed E-state index contributed by atoms with van der Waals surface area (Å²) >= 11 is 5.76. The molecule has 4 N–H and O–H groups in total. The van der Waals surface area contributed by atoms with E-state index < -0.39 is 0 Å². The van der Waals surface area contributed by atoms with Crippen molar-refractivity contribution in [3.63, 3.8) is 0 Å². The van der Waals surface area contributed by atoms with Gasteiger partial charge in [0, 0.05) is 6.04 Å². The normalized spacial score (nSPS) is 12.9. The van der Waals surface area contributed by atoms with Crippen molar-refractivity contribution in [2.45, 2.75) is 19.4 Å². The van der Waals surface area contributed by atoms with Gasteiger partial charge in [-0.2, -0.15) is 0 Å². The van der Waals surface area contributed by atoms with E-state index >= 15 is 0 Å². The molecule has 0 aliphatic rings. The zero-order valence-electron chi connectivity index (χ0n) is 7.05. The number of benzene rings is 1. The lowest BCUT2D eigenvalue weighted by Crippen LogP contribution is -2.08. The second-order valence-corrected chi connectivity index (χ2v) is 3.20. The number of anilines is 1. The summed E-state index contributed by atoms with van der Waals surface area (Å²) in [4.78, 5) is 0. The lowest BCUT2D eigenvalue weighted by atomic mass is 10.1. The SMILES string of the molecule is CC[C@@H](N)c1ccc(Cl)c(N)c1. The van der Waals surface area contributed by atoms with Crippen LogP contribution >= 0.6 is 11.6 Å². The highest BCUT2D eigenvalue weighted by Crippen LogP contribution is 2.23. The van der Waals surface area contributed by atoms with Gasteiger partial charge in [0.15, 0.2) is 0 Å². The first-order valence-electron chi connectivity index (χ1n) is 3.95. The van der Waals surface area contributed by atoms with E-state index in [1.807, 2.05) is 19.1 Å². The van der Waals surface area contributed by atoms with Gasteiger partial charge in [0.25, 0.3) is 0 Å². The van der Waals surface area contributed by atoms with Gasteiger partial charge in [0.2, 0.25) is 0 Å². The Bertz CT molecular complexity index is 273. The Kier molecular flexibility index (Phi) is 2.95. The average molecular weight is 185 g/mol. The lowest BCUT2D eigenvalue weighted by molar-refractivity contribution is 0.699. The summed E-state index contributed by atoms with van der Waals surface area (Å²) in [5.41, 5.74) is 13.1. The Morgan fingerprint density at radius 3 is 2.67 bits per heavy atom. The zero-order valence-corrected chi connectivity index (χ0v) is 7.81. The molecule has 0 radical (unpaired) electrons. The molecule has 0 bridgehead atoms. The maximum Gasteiger partial charge on any atom is 0.0635 e. The summed E-state index contributed by atoms with van der Waals surface area (Å²) in [5, 5.41) is 0.585. The van der Waals surface area contributed by atoms with Crippen LogP contribution in [0.15, 0.2) is 18.2 Å². The predicted molar refractivity (Wildman–Crippen MR) is 53.1 cm³/mol. The van der Waals surface area contributed by atoms with Gasteiger partial charge in [0.1, 0.15) is 0 Å². The quantitative estimate of drug-likeness (QED) is 0.694. The van der Waals surface area contributed by atoms with Gasteiger partial charge in [-0.3, -0.25) is 0 Å². The monoisotopic (exact) mass is 184 g/mol. The maximum absolute atomic E-state index is 5.81. The Labute approximate surface area is 77.5 Å². The van der Waals surface area contributed by atoms with Crippen LogP contribution in [0.5, 0.6) is 0 Å². The van der Waals surface area contributed by atoms with Crippen molar-refractivity contribution < 1.29 is 0 Å². The van der Waals surface area contributed by atoms with Crippen LogP contribution in [-0.4, -0.2) is 0 Å². The molecular formula is C9H13ClN2. The lowest BCUT2D eigenvalue weighted by Gasteiger charge is -2.09. The highest BCUT2D eigenvalue weighted by atomic mass is 35.5. The van der Waals surface area contributed by atoms with Gasteiger partial charge in [-0.25, -0.2) is 0 Å². The van der Waals surface area contributed by atoms with Crippen LogP contribution in [0.3, 0.4) is 0 Å². The molecule has 0 fully saturated rings. The van der Waals surface area contributed by atoms with E-state index in [0.717, 1.165) is 12.0 Å². The fourth-order valence-corrected chi connectivity index (χ4v) is 1.15. The van der Waals surface area contributed by atoms with Crippen molar-refractivity contribution in [2.75, 3.05) is 5.73 Å². The van der Waals surface area contributed by atoms with Crippen molar-refractivity contribution in [3.05, 3.63) is 28.8 Å². The number of halogens is 1. The minimum atomic E-state index is 0.0598. The number of hydrogen-bond donors (Lipinski definition) is 2. The van der Waals surface area contributed by atoms with E-state index in [1.165, 1.54) is 0 Å². The van der Waals surface area contributed by atoms with Gasteiger partial charge in [-0.15, -0.1) is 0 Å². The van der Waals surface area contributed by atoms with E-state index in [0.29, 0.717) is 10.7 Å². The highest BCUT2D eigenvalue weighted by molar-refractivity contribution is 6.33. The minimum Gasteiger partial charge on any atom is -0.398 e. The maximum atomic E-state index is 5.81. The van der Waals surface area contributed by atoms with E-state index in [9.17, 15) is 0 Å². The third-order valence-electron chi connectivity index (χ3n) is 1.89. The van der Waals surface area contributed by atoms with Crippen LogP contribution in [0.4, 0.5) is 5.69 Å². The molecule has 0 unspecified atom stereocenters. The molecule has 0 saturated carbocycles. The van der Waals surface area contributed by atoms with E-state index in [2.05, 4.69) is 0 Å². The molecule has 2 nitrogen and oxygen atoms in total. The Hall–Kier alpha value is -0.730. The molecule has 0 spiro atoms. The average Bonchev–Trinajstić information content (AvgIpc) is 2.08. The number of nitrogen functional groups attached to an aromatic ring is 1. The first-order chi connectivity index (χ1) is 5.65. The Morgan fingerprint density at radius 1 is 1.50 bits per heavy atom. The summed E-state index contributed by atoms with van der Waals surface area (Å²) in [6.45, 7) is 2.04. The minimum absolute atomic E-state index is 0.0598. The summed E-state index contributed by atoms with van der Waals surface area (Å²) in [7, 11) is 0. The van der Waals surface area contributed by atoms with Crippen molar-refractivity contribution in [1.29, 1.82) is 0 Å². The van der Waals surface area contributed by atoms with Crippen molar-refractivity contribution in [2.24, 2.45) is 5.73 Å². The second kappa shape index (κ2) is 3.78. The first-order valence-corrected chi connectivity index (χ1v) is 4.33. The largest absolute Gasteiger partial charge is 0.398 e. The molecule has 0 aliphatic carbocycles. The highest BCUT2D eigenvalue weighted by Gasteiger charge is 2.04. The fourth-order valence-electron chi connectivity index (χ4n) is 1.03. The van der Waals surface area contributed by atoms with Crippen LogP contribution in [0.25, 0.3) is 0 Å². The number of hydrogen-bond acceptors (Lipinski definition) is 2. The molecule has 0 amide bonds. The van der Waals surface area contributed by atoms with Gasteiger partial charge in [0.05, 0.1) is 10.7 Å². The van der Waals surface area contributed by atoms with Crippen LogP contribution in [0, 0.1) is 0 Å². The molecule has 0 saturated heterocycles. The molecule has 1 aromatic carbocycles. The summed E-state index contributed by atoms with van der Waals surface area (Å²) in [5.74, 6) is 0. The summed E-state index contributed by atoms with van der Waals surface area (Å²) in [6.07, 6.45) is 0.904. The third kappa shape index (κ3) is 1.90. The molecule has 1 rings (SSSR count). The third-order valence-corrected chi connectivity index (χ3v) is 2.23. The van der Waals surface area contributed by atoms with Gasteiger partial charge in [-0.05, 0) is 24.1 Å². The van der Waals surface area contributed by atoms with Crippen molar-refractivity contribution >= 4 is 17.3 Å². The molecule has 12 heavy (non-hydrogen) atoms. The van der Waals surface area contributed by atoms with Gasteiger partial charge >= 0.3 is 0 Å². The molecule has 0 heterocycles. The standard InChI is InChI=1S/C9H13ClN2/c1-2-8(11)6-3-4-7(10)9(12)5-6/h3-5,8H,2,11-12H2,1H3/t8-/m1/s1. The van der Waals surface area contributed by atoms with Crippen molar-refractivity contribution in [3.8, 4) is 0 Å². The van der Waals surface area contributed by atoms with Crippen LogP contribution in [0.1, 0.15) is 24.9 Å². The van der Waals surface area contributed by atoms with Crippen LogP contribution in [-0.2, 0) is 0 Å². The Morgan fingerprint density at radius 2 is 2.17 bits per heavy atom. The predicted octanol–water partition coefficient (Wildman–Crippen LogP) is 2.33. The van der Waals surface area contributed by atoms with Gasteiger partial charge in [-0.1, -0.05) is 24.6 Å². The number of rotatable bonds is 2. The number of nitrogens with two attached hydrogens (primary N) is 2. The zero-order chi connectivity index (χ0) is 9.14. The summed E-state index contributed by atoms with van der Waals surface area (Å²) < 4.78 is 0. The second-order valence-electron chi connectivity index (χ2n) is 2.80. The Balaban J connectivity index is 2.96. The van der Waals surface area contributed by atoms with Crippen LogP contribution < -0.4 is 11.5 Å². The molecule has 0 aromatic heterocycles. The topological polar surface area (TPSA) is 52.0 Å². The molecule has 0 aliphatic heterocycles. The van der Waals surface area contributed by atoms with E-state index in [4.69, 9.17) is 23.1 Å². The van der Waals surface area contributed by atoms with Crippen molar-refractivity contribution in [1.82, 2.24) is 0 Å². The molecule has 66 valence electrons. The fraction of sp³-hybridized carbons (Fsp3) is 0.333. The smallest absolute Gasteiger partial charge is 0.0635 e. The van der Waals surface area contributed by atoms with Crippen LogP contribution in [0.2, 0.25) is 5.02 Å². The van der Waals surface area contributed by atoms with E-state index in [1.54, 1.807) is 6.07 Å².